The summed E-state index contributed by atoms with van der Waals surface area (Å²) in [7, 11) is 0. The van der Waals surface area contributed by atoms with Crippen LogP contribution in [0.3, 0.4) is 0 Å². The summed E-state index contributed by atoms with van der Waals surface area (Å²) < 4.78 is 3.19. The lowest BCUT2D eigenvalue weighted by atomic mass is 9.91. The molecule has 7 rings (SSSR count). The molecule has 1 N–H and O–H groups in total. The first-order valence-corrected chi connectivity index (χ1v) is 13.8. The fourth-order valence-electron chi connectivity index (χ4n) is 5.99. The zero-order valence-corrected chi connectivity index (χ0v) is 21.9. The molecule has 1 aliphatic carbocycles. The van der Waals surface area contributed by atoms with Gasteiger partial charge >= 0.3 is 0 Å². The van der Waals surface area contributed by atoms with Crippen LogP contribution >= 0.6 is 0 Å². The van der Waals surface area contributed by atoms with Crippen molar-refractivity contribution in [2.45, 2.75) is 50.8 Å². The summed E-state index contributed by atoms with van der Waals surface area (Å²) in [6.07, 6.45) is 6.93. The highest BCUT2D eigenvalue weighted by molar-refractivity contribution is 5.81. The van der Waals surface area contributed by atoms with Crippen molar-refractivity contribution >= 4 is 22.6 Å². The van der Waals surface area contributed by atoms with E-state index in [9.17, 15) is 14.7 Å². The SMILES string of the molecule is O=C(C1CC1)N1CCC(O)(Cn2cnc3c(cnn3-c3cccc(N4CCc5ccccc5C4)c3)c2=O)CC1. The topological polar surface area (TPSA) is 96.5 Å². The molecule has 4 heterocycles. The first-order chi connectivity index (χ1) is 19.0. The van der Waals surface area contributed by atoms with E-state index in [1.165, 1.54) is 22.0 Å². The van der Waals surface area contributed by atoms with Crippen LogP contribution in [0.1, 0.15) is 36.8 Å². The molecule has 0 atom stereocenters. The summed E-state index contributed by atoms with van der Waals surface area (Å²) in [5.41, 5.74) is 3.93. The van der Waals surface area contributed by atoms with E-state index in [1.807, 2.05) is 17.0 Å². The quantitative estimate of drug-likeness (QED) is 0.431. The van der Waals surface area contributed by atoms with E-state index in [0.29, 0.717) is 37.0 Å². The van der Waals surface area contributed by atoms with Gasteiger partial charge in [-0.25, -0.2) is 9.67 Å². The van der Waals surface area contributed by atoms with Gasteiger partial charge in [0.15, 0.2) is 5.65 Å². The summed E-state index contributed by atoms with van der Waals surface area (Å²) in [5, 5.41) is 16.2. The molecule has 0 radical (unpaired) electrons. The number of hydrogen-bond donors (Lipinski definition) is 1. The van der Waals surface area contributed by atoms with Gasteiger partial charge in [-0.15, -0.1) is 0 Å². The van der Waals surface area contributed by atoms with Crippen molar-refractivity contribution in [1.82, 2.24) is 24.2 Å². The van der Waals surface area contributed by atoms with Crippen molar-refractivity contribution in [3.63, 3.8) is 0 Å². The predicted octanol–water partition coefficient (Wildman–Crippen LogP) is 2.91. The molecule has 1 saturated heterocycles. The third-order valence-corrected chi connectivity index (χ3v) is 8.52. The average molecular weight is 525 g/mol. The minimum Gasteiger partial charge on any atom is -0.388 e. The predicted molar refractivity (Wildman–Crippen MR) is 148 cm³/mol. The Hall–Kier alpha value is -3.98. The highest BCUT2D eigenvalue weighted by Crippen LogP contribution is 2.33. The molecule has 0 unspecified atom stereocenters. The van der Waals surface area contributed by atoms with Crippen LogP contribution < -0.4 is 10.5 Å². The number of anilines is 1. The Kier molecular flexibility index (Phi) is 5.77. The number of piperidine rings is 1. The molecule has 9 heteroatoms. The van der Waals surface area contributed by atoms with Crippen molar-refractivity contribution in [3.8, 4) is 5.69 Å². The van der Waals surface area contributed by atoms with Gasteiger partial charge in [0.25, 0.3) is 5.56 Å². The number of carbonyl (C=O) groups is 1. The number of carbonyl (C=O) groups excluding carboxylic acids is 1. The third kappa shape index (κ3) is 4.50. The van der Waals surface area contributed by atoms with Gasteiger partial charge in [0.1, 0.15) is 11.7 Å². The summed E-state index contributed by atoms with van der Waals surface area (Å²) in [6.45, 7) is 2.99. The molecular weight excluding hydrogens is 492 g/mol. The molecule has 200 valence electrons. The van der Waals surface area contributed by atoms with Gasteiger partial charge in [-0.3, -0.25) is 14.2 Å². The van der Waals surface area contributed by atoms with E-state index in [1.54, 1.807) is 10.9 Å². The van der Waals surface area contributed by atoms with Crippen molar-refractivity contribution < 1.29 is 9.90 Å². The van der Waals surface area contributed by atoms with Crippen LogP contribution in [-0.4, -0.2) is 60.5 Å². The standard InChI is InChI=1S/C30H32N6O3/c37-28(22-8-9-22)33-14-11-30(39,12-15-33)19-35-20-31-27-26(29(35)38)17-32-36(27)25-7-3-6-24(16-25)34-13-10-21-4-1-2-5-23(21)18-34/h1-7,16-17,20,22,39H,8-15,18-19H2. The fourth-order valence-corrected chi connectivity index (χ4v) is 5.99. The fraction of sp³-hybridized carbons (Fsp3) is 0.400. The molecule has 1 amide bonds. The van der Waals surface area contributed by atoms with Crippen LogP contribution in [0.2, 0.25) is 0 Å². The van der Waals surface area contributed by atoms with Crippen molar-refractivity contribution in [2.24, 2.45) is 5.92 Å². The Bertz CT molecular complexity index is 1610. The van der Waals surface area contributed by atoms with E-state index in [0.717, 1.165) is 43.7 Å². The lowest BCUT2D eigenvalue weighted by molar-refractivity contribution is -0.137. The Balaban J connectivity index is 1.11. The Morgan fingerprint density at radius 3 is 2.56 bits per heavy atom. The number of nitrogens with zero attached hydrogens (tertiary/aromatic N) is 6. The molecule has 3 aliphatic rings. The molecule has 2 fully saturated rings. The van der Waals surface area contributed by atoms with E-state index in [2.05, 4.69) is 51.4 Å². The number of aliphatic hydroxyl groups is 1. The van der Waals surface area contributed by atoms with Crippen LogP contribution in [-0.2, 0) is 24.3 Å². The summed E-state index contributed by atoms with van der Waals surface area (Å²) in [6, 6.07) is 16.8. The number of benzene rings is 2. The molecule has 2 aromatic heterocycles. The maximum atomic E-state index is 13.4. The summed E-state index contributed by atoms with van der Waals surface area (Å²) in [4.78, 5) is 34.6. The van der Waals surface area contributed by atoms with Gasteiger partial charge < -0.3 is 14.9 Å². The van der Waals surface area contributed by atoms with Crippen LogP contribution in [0, 0.1) is 5.92 Å². The van der Waals surface area contributed by atoms with E-state index in [-0.39, 0.29) is 23.9 Å². The van der Waals surface area contributed by atoms with E-state index < -0.39 is 5.60 Å². The van der Waals surface area contributed by atoms with Gasteiger partial charge in [-0.2, -0.15) is 5.10 Å². The maximum absolute atomic E-state index is 13.4. The normalized spacial score (nSPS) is 18.8. The van der Waals surface area contributed by atoms with Gasteiger partial charge in [-0.05, 0) is 61.4 Å². The van der Waals surface area contributed by atoms with Crippen LogP contribution in [0.4, 0.5) is 5.69 Å². The molecule has 4 aromatic rings. The second-order valence-electron chi connectivity index (χ2n) is 11.3. The largest absolute Gasteiger partial charge is 0.388 e. The molecule has 9 nitrogen and oxygen atoms in total. The Morgan fingerprint density at radius 1 is 1.00 bits per heavy atom. The van der Waals surface area contributed by atoms with Crippen LogP contribution in [0.25, 0.3) is 16.7 Å². The van der Waals surface area contributed by atoms with E-state index in [4.69, 9.17) is 0 Å². The average Bonchev–Trinajstić information content (AvgIpc) is 3.73. The second-order valence-corrected chi connectivity index (χ2v) is 11.3. The van der Waals surface area contributed by atoms with Crippen LogP contribution in [0.15, 0.2) is 65.8 Å². The summed E-state index contributed by atoms with van der Waals surface area (Å²) >= 11 is 0. The highest BCUT2D eigenvalue weighted by Gasteiger charge is 2.39. The lowest BCUT2D eigenvalue weighted by Gasteiger charge is -2.38. The molecule has 0 spiro atoms. The number of hydrogen-bond acceptors (Lipinski definition) is 6. The van der Waals surface area contributed by atoms with Crippen molar-refractivity contribution in [2.75, 3.05) is 24.5 Å². The minimum absolute atomic E-state index is 0.150. The van der Waals surface area contributed by atoms with Crippen molar-refractivity contribution in [1.29, 1.82) is 0 Å². The third-order valence-electron chi connectivity index (χ3n) is 8.52. The van der Waals surface area contributed by atoms with Gasteiger partial charge in [0.05, 0.1) is 24.0 Å². The molecular formula is C30H32N6O3. The highest BCUT2D eigenvalue weighted by atomic mass is 16.3. The first kappa shape index (κ1) is 24.1. The Morgan fingerprint density at radius 2 is 1.77 bits per heavy atom. The molecule has 2 aliphatic heterocycles. The molecule has 0 bridgehead atoms. The monoisotopic (exact) mass is 524 g/mol. The van der Waals surface area contributed by atoms with Gasteiger partial charge in [0.2, 0.25) is 5.91 Å². The Labute approximate surface area is 226 Å². The number of rotatable bonds is 5. The van der Waals surface area contributed by atoms with Crippen LogP contribution in [0.5, 0.6) is 0 Å². The lowest BCUT2D eigenvalue weighted by Crippen LogP contribution is -2.50. The number of amides is 1. The molecule has 39 heavy (non-hydrogen) atoms. The smallest absolute Gasteiger partial charge is 0.264 e. The maximum Gasteiger partial charge on any atom is 0.264 e. The number of aromatic nitrogens is 4. The zero-order chi connectivity index (χ0) is 26.6. The first-order valence-electron chi connectivity index (χ1n) is 13.8. The molecule has 2 aromatic carbocycles. The minimum atomic E-state index is -1.04. The summed E-state index contributed by atoms with van der Waals surface area (Å²) in [5.74, 6) is 0.387. The van der Waals surface area contributed by atoms with E-state index >= 15 is 0 Å². The zero-order valence-electron chi connectivity index (χ0n) is 21.9. The van der Waals surface area contributed by atoms with Crippen molar-refractivity contribution in [3.05, 3.63) is 82.5 Å². The second kappa shape index (κ2) is 9.34. The van der Waals surface area contributed by atoms with Gasteiger partial charge in [0, 0.05) is 37.8 Å². The number of fused-ring (bicyclic) bond motifs is 2. The number of likely N-dealkylation sites (tertiary alicyclic amines) is 1. The van der Waals surface area contributed by atoms with Gasteiger partial charge in [-0.1, -0.05) is 30.3 Å². The molecule has 1 saturated carbocycles.